The lowest BCUT2D eigenvalue weighted by Crippen LogP contribution is -2.08. The van der Waals surface area contributed by atoms with Gasteiger partial charge in [0.05, 0.1) is 11.0 Å². The van der Waals surface area contributed by atoms with Crippen LogP contribution in [0.4, 0.5) is 17.2 Å². The highest BCUT2D eigenvalue weighted by Gasteiger charge is 2.15. The van der Waals surface area contributed by atoms with Crippen molar-refractivity contribution in [1.29, 1.82) is 0 Å². The van der Waals surface area contributed by atoms with E-state index < -0.39 is 0 Å². The zero-order valence-electron chi connectivity index (χ0n) is 15.0. The number of aryl methyl sites for hydroxylation is 1. The second-order valence-corrected chi connectivity index (χ2v) is 6.40. The molecule has 0 aliphatic carbocycles. The largest absolute Gasteiger partial charge is 0.393 e. The van der Waals surface area contributed by atoms with Gasteiger partial charge in [-0.3, -0.25) is 4.98 Å². The van der Waals surface area contributed by atoms with Gasteiger partial charge >= 0.3 is 0 Å². The van der Waals surface area contributed by atoms with Crippen LogP contribution in [0.1, 0.15) is 5.69 Å². The standard InChI is InChI=1S/C20H16N8/c1-12-9-10-13-14(24-12)6-4-7-15(13)25-19-18(21)20(23-11-22-19)28-17-8-3-2-5-16(17)26-27-28/h2-11H,21H2,1H3,(H,22,23,25). The van der Waals surface area contributed by atoms with Gasteiger partial charge in [0.15, 0.2) is 11.6 Å². The Kier molecular flexibility index (Phi) is 3.61. The van der Waals surface area contributed by atoms with Crippen molar-refractivity contribution in [2.45, 2.75) is 6.92 Å². The van der Waals surface area contributed by atoms with Crippen LogP contribution in [0.3, 0.4) is 0 Å². The monoisotopic (exact) mass is 368 g/mol. The first-order chi connectivity index (χ1) is 13.7. The normalized spacial score (nSPS) is 11.2. The fourth-order valence-corrected chi connectivity index (χ4v) is 3.17. The van der Waals surface area contributed by atoms with E-state index in [0.29, 0.717) is 17.3 Å². The van der Waals surface area contributed by atoms with E-state index in [1.807, 2.05) is 61.5 Å². The van der Waals surface area contributed by atoms with Crippen molar-refractivity contribution in [3.8, 4) is 5.82 Å². The van der Waals surface area contributed by atoms with Crippen molar-refractivity contribution >= 4 is 39.1 Å². The smallest absolute Gasteiger partial charge is 0.184 e. The van der Waals surface area contributed by atoms with Gasteiger partial charge in [-0.25, -0.2) is 9.97 Å². The SMILES string of the molecule is Cc1ccc2c(Nc3ncnc(-n4nnc5ccccc54)c3N)cccc2n1. The molecule has 0 saturated carbocycles. The Hall–Kier alpha value is -4.07. The second kappa shape index (κ2) is 6.27. The summed E-state index contributed by atoms with van der Waals surface area (Å²) in [6.45, 7) is 1.97. The lowest BCUT2D eigenvalue weighted by Gasteiger charge is -2.13. The molecule has 5 rings (SSSR count). The van der Waals surface area contributed by atoms with E-state index in [4.69, 9.17) is 5.73 Å². The highest BCUT2D eigenvalue weighted by molar-refractivity contribution is 5.94. The average molecular weight is 368 g/mol. The third-order valence-corrected chi connectivity index (χ3v) is 4.54. The summed E-state index contributed by atoms with van der Waals surface area (Å²) in [5, 5.41) is 12.7. The number of rotatable bonds is 3. The summed E-state index contributed by atoms with van der Waals surface area (Å²) in [7, 11) is 0. The maximum atomic E-state index is 6.39. The number of para-hydroxylation sites is 1. The number of fused-ring (bicyclic) bond motifs is 2. The Morgan fingerprint density at radius 1 is 0.929 bits per heavy atom. The average Bonchev–Trinajstić information content (AvgIpc) is 3.13. The van der Waals surface area contributed by atoms with Crippen LogP contribution in [0.2, 0.25) is 0 Å². The van der Waals surface area contributed by atoms with Gasteiger partial charge in [-0.1, -0.05) is 23.4 Å². The number of hydrogen-bond donors (Lipinski definition) is 2. The zero-order chi connectivity index (χ0) is 19.1. The molecule has 0 atom stereocenters. The number of nitrogen functional groups attached to an aromatic ring is 1. The maximum Gasteiger partial charge on any atom is 0.184 e. The minimum atomic E-state index is 0.384. The fraction of sp³-hybridized carbons (Fsp3) is 0.0500. The number of benzene rings is 2. The van der Waals surface area contributed by atoms with Crippen molar-refractivity contribution < 1.29 is 0 Å². The van der Waals surface area contributed by atoms with E-state index in [0.717, 1.165) is 33.3 Å². The Morgan fingerprint density at radius 3 is 2.71 bits per heavy atom. The van der Waals surface area contributed by atoms with Gasteiger partial charge in [0, 0.05) is 16.8 Å². The van der Waals surface area contributed by atoms with Gasteiger partial charge in [-0.05, 0) is 43.3 Å². The number of nitrogens with one attached hydrogen (secondary N) is 1. The first-order valence-corrected chi connectivity index (χ1v) is 8.75. The Labute approximate surface area is 160 Å². The third kappa shape index (κ3) is 2.59. The van der Waals surface area contributed by atoms with Crippen LogP contribution in [0.5, 0.6) is 0 Å². The summed E-state index contributed by atoms with van der Waals surface area (Å²) in [6.07, 6.45) is 1.46. The third-order valence-electron chi connectivity index (χ3n) is 4.54. The van der Waals surface area contributed by atoms with Crippen molar-refractivity contribution in [3.05, 3.63) is 66.6 Å². The molecule has 2 aromatic carbocycles. The maximum absolute atomic E-state index is 6.39. The van der Waals surface area contributed by atoms with Crippen molar-refractivity contribution in [2.75, 3.05) is 11.1 Å². The molecule has 8 heteroatoms. The number of pyridine rings is 1. The summed E-state index contributed by atoms with van der Waals surface area (Å²) in [5.41, 5.74) is 11.1. The summed E-state index contributed by atoms with van der Waals surface area (Å²) in [4.78, 5) is 13.2. The molecule has 8 nitrogen and oxygen atoms in total. The quantitative estimate of drug-likeness (QED) is 0.502. The number of nitrogens with two attached hydrogens (primary N) is 1. The fourth-order valence-electron chi connectivity index (χ4n) is 3.17. The molecule has 0 bridgehead atoms. The molecule has 136 valence electrons. The van der Waals surface area contributed by atoms with Crippen LogP contribution in [0, 0.1) is 6.92 Å². The Balaban J connectivity index is 1.60. The molecule has 3 N–H and O–H groups in total. The topological polar surface area (TPSA) is 107 Å². The number of nitrogens with zero attached hydrogens (tertiary/aromatic N) is 6. The molecule has 3 heterocycles. The molecule has 0 spiro atoms. The van der Waals surface area contributed by atoms with Crippen LogP contribution in [-0.2, 0) is 0 Å². The van der Waals surface area contributed by atoms with Gasteiger partial charge < -0.3 is 11.1 Å². The number of aromatic nitrogens is 6. The zero-order valence-corrected chi connectivity index (χ0v) is 15.0. The molecule has 0 unspecified atom stereocenters. The summed E-state index contributed by atoms with van der Waals surface area (Å²) < 4.78 is 1.62. The molecule has 0 amide bonds. The Bertz CT molecular complexity index is 1320. The minimum absolute atomic E-state index is 0.384. The van der Waals surface area contributed by atoms with Gasteiger partial charge in [0.2, 0.25) is 0 Å². The van der Waals surface area contributed by atoms with E-state index in [1.165, 1.54) is 6.33 Å². The van der Waals surface area contributed by atoms with Crippen LogP contribution in [0.15, 0.2) is 60.9 Å². The molecule has 5 aromatic rings. The summed E-state index contributed by atoms with van der Waals surface area (Å²) >= 11 is 0. The molecule has 0 aliphatic heterocycles. The number of anilines is 3. The molecule has 0 saturated heterocycles. The summed E-state index contributed by atoms with van der Waals surface area (Å²) in [5.74, 6) is 0.970. The first-order valence-electron chi connectivity index (χ1n) is 8.75. The van der Waals surface area contributed by atoms with Crippen LogP contribution in [0.25, 0.3) is 27.8 Å². The van der Waals surface area contributed by atoms with E-state index >= 15 is 0 Å². The second-order valence-electron chi connectivity index (χ2n) is 6.40. The predicted molar refractivity (Wildman–Crippen MR) is 109 cm³/mol. The number of hydrogen-bond acceptors (Lipinski definition) is 7. The van der Waals surface area contributed by atoms with Gasteiger partial charge in [0.1, 0.15) is 17.5 Å². The van der Waals surface area contributed by atoms with E-state index in [-0.39, 0.29) is 0 Å². The molecular formula is C20H16N8. The molecular weight excluding hydrogens is 352 g/mol. The minimum Gasteiger partial charge on any atom is -0.393 e. The van der Waals surface area contributed by atoms with Crippen LogP contribution < -0.4 is 11.1 Å². The lowest BCUT2D eigenvalue weighted by atomic mass is 10.1. The van der Waals surface area contributed by atoms with E-state index in [2.05, 4.69) is 30.6 Å². The van der Waals surface area contributed by atoms with Crippen LogP contribution in [-0.4, -0.2) is 29.9 Å². The molecule has 3 aromatic heterocycles. The molecule has 0 aliphatic rings. The van der Waals surface area contributed by atoms with Gasteiger partial charge in [0.25, 0.3) is 0 Å². The van der Waals surface area contributed by atoms with Crippen molar-refractivity contribution in [1.82, 2.24) is 29.9 Å². The lowest BCUT2D eigenvalue weighted by molar-refractivity contribution is 0.800. The molecule has 28 heavy (non-hydrogen) atoms. The Morgan fingerprint density at radius 2 is 1.79 bits per heavy atom. The van der Waals surface area contributed by atoms with Gasteiger partial charge in [-0.2, -0.15) is 4.68 Å². The summed E-state index contributed by atoms with van der Waals surface area (Å²) in [6, 6.07) is 17.5. The van der Waals surface area contributed by atoms with Gasteiger partial charge in [-0.15, -0.1) is 5.10 Å². The molecule has 0 radical (unpaired) electrons. The highest BCUT2D eigenvalue weighted by Crippen LogP contribution is 2.29. The van der Waals surface area contributed by atoms with E-state index in [1.54, 1.807) is 4.68 Å². The van der Waals surface area contributed by atoms with E-state index in [9.17, 15) is 0 Å². The molecule has 0 fully saturated rings. The van der Waals surface area contributed by atoms with Crippen LogP contribution >= 0.6 is 0 Å². The first kappa shape index (κ1) is 16.1. The van der Waals surface area contributed by atoms with Crippen molar-refractivity contribution in [2.24, 2.45) is 0 Å². The predicted octanol–water partition coefficient (Wildman–Crippen LogP) is 3.39. The van der Waals surface area contributed by atoms with Crippen molar-refractivity contribution in [3.63, 3.8) is 0 Å². The highest BCUT2D eigenvalue weighted by atomic mass is 15.4.